The number of aryl methyl sites for hydroxylation is 2. The molecule has 0 radical (unpaired) electrons. The highest BCUT2D eigenvalue weighted by Gasteiger charge is 2.23. The molecule has 1 aliphatic rings. The van der Waals surface area contributed by atoms with E-state index in [0.717, 1.165) is 29.8 Å². The number of aromatic nitrogens is 2. The number of carbonyl (C=O) groups excluding carboxylic acids is 2. The summed E-state index contributed by atoms with van der Waals surface area (Å²) in [4.78, 5) is 28.4. The molecule has 1 unspecified atom stereocenters. The Labute approximate surface area is 134 Å². The minimum Gasteiger partial charge on any atom is -0.368 e. The molecule has 2 amide bonds. The third-order valence-electron chi connectivity index (χ3n) is 4.04. The number of benzene rings is 1. The van der Waals surface area contributed by atoms with Crippen LogP contribution in [0.4, 0.5) is 0 Å². The predicted octanol–water partition coefficient (Wildman–Crippen LogP) is 1.30. The Morgan fingerprint density at radius 2 is 2.22 bits per heavy atom. The van der Waals surface area contributed by atoms with Gasteiger partial charge in [0.2, 0.25) is 0 Å². The molecule has 7 nitrogen and oxygen atoms in total. The van der Waals surface area contributed by atoms with Gasteiger partial charge in [-0.3, -0.25) is 20.4 Å². The fourth-order valence-corrected chi connectivity index (χ4v) is 2.85. The molecule has 0 spiro atoms. The first-order valence-electron chi connectivity index (χ1n) is 7.79. The third-order valence-corrected chi connectivity index (χ3v) is 4.04. The molecule has 1 saturated heterocycles. The predicted molar refractivity (Wildman–Crippen MR) is 84.7 cm³/mol. The minimum atomic E-state index is -0.472. The van der Waals surface area contributed by atoms with E-state index in [1.165, 1.54) is 0 Å². The van der Waals surface area contributed by atoms with Gasteiger partial charge in [-0.2, -0.15) is 0 Å². The minimum absolute atomic E-state index is 0.317. The zero-order chi connectivity index (χ0) is 16.4. The second-order valence-corrected chi connectivity index (χ2v) is 5.55. The van der Waals surface area contributed by atoms with Crippen molar-refractivity contribution in [1.82, 2.24) is 20.4 Å². The summed E-state index contributed by atoms with van der Waals surface area (Å²) in [7, 11) is 0. The lowest BCUT2D eigenvalue weighted by Gasteiger charge is -2.11. The standard InChI is InChI=1S/C16H20N4O3/c1-3-20-10(2)17-12-9-11(6-7-13(12)20)15(21)18-19-16(22)14-5-4-8-23-14/h6-7,9,14H,3-5,8H2,1-2H3,(H,18,21)(H,19,22). The monoisotopic (exact) mass is 316 g/mol. The molecule has 2 N–H and O–H groups in total. The van der Waals surface area contributed by atoms with Crippen LogP contribution in [0.15, 0.2) is 18.2 Å². The fraction of sp³-hybridized carbons (Fsp3) is 0.438. The van der Waals surface area contributed by atoms with Crippen molar-refractivity contribution < 1.29 is 14.3 Å². The van der Waals surface area contributed by atoms with Crippen LogP contribution in [0.5, 0.6) is 0 Å². The van der Waals surface area contributed by atoms with Gasteiger partial charge in [0, 0.05) is 18.7 Å². The maximum Gasteiger partial charge on any atom is 0.269 e. The van der Waals surface area contributed by atoms with Gasteiger partial charge in [-0.1, -0.05) is 0 Å². The van der Waals surface area contributed by atoms with Crippen LogP contribution in [-0.4, -0.2) is 34.1 Å². The van der Waals surface area contributed by atoms with E-state index in [1.54, 1.807) is 12.1 Å². The van der Waals surface area contributed by atoms with Crippen molar-refractivity contribution in [2.45, 2.75) is 39.3 Å². The summed E-state index contributed by atoms with van der Waals surface area (Å²) in [5, 5.41) is 0. The molecule has 2 aromatic rings. The van der Waals surface area contributed by atoms with Crippen LogP contribution in [0.25, 0.3) is 11.0 Å². The van der Waals surface area contributed by atoms with Gasteiger partial charge in [0.25, 0.3) is 11.8 Å². The molecule has 2 heterocycles. The molecule has 23 heavy (non-hydrogen) atoms. The van der Waals surface area contributed by atoms with E-state index in [2.05, 4.69) is 27.3 Å². The van der Waals surface area contributed by atoms with Gasteiger partial charge >= 0.3 is 0 Å². The highest BCUT2D eigenvalue weighted by atomic mass is 16.5. The SMILES string of the molecule is CCn1c(C)nc2cc(C(=O)NNC(=O)C3CCCO3)ccc21. The maximum absolute atomic E-state index is 12.2. The van der Waals surface area contributed by atoms with E-state index >= 15 is 0 Å². The lowest BCUT2D eigenvalue weighted by atomic mass is 10.2. The van der Waals surface area contributed by atoms with Gasteiger partial charge in [-0.25, -0.2) is 4.98 Å². The number of nitrogens with one attached hydrogen (secondary N) is 2. The Balaban J connectivity index is 1.69. The number of hydrogen-bond donors (Lipinski definition) is 2. The van der Waals surface area contributed by atoms with Crippen molar-refractivity contribution in [1.29, 1.82) is 0 Å². The molecule has 0 bridgehead atoms. The first kappa shape index (κ1) is 15.5. The van der Waals surface area contributed by atoms with Gasteiger partial charge in [0.1, 0.15) is 11.9 Å². The van der Waals surface area contributed by atoms with Crippen molar-refractivity contribution >= 4 is 22.8 Å². The molecule has 0 aliphatic carbocycles. The van der Waals surface area contributed by atoms with Gasteiger partial charge in [-0.05, 0) is 44.9 Å². The van der Waals surface area contributed by atoms with E-state index in [-0.39, 0.29) is 11.8 Å². The van der Waals surface area contributed by atoms with Crippen molar-refractivity contribution in [3.8, 4) is 0 Å². The Morgan fingerprint density at radius 3 is 2.91 bits per heavy atom. The van der Waals surface area contributed by atoms with E-state index in [0.29, 0.717) is 18.6 Å². The highest BCUT2D eigenvalue weighted by molar-refractivity contribution is 5.98. The normalized spacial score (nSPS) is 17.4. The van der Waals surface area contributed by atoms with Crippen LogP contribution in [-0.2, 0) is 16.1 Å². The van der Waals surface area contributed by atoms with E-state index in [9.17, 15) is 9.59 Å². The Hall–Kier alpha value is -2.41. The van der Waals surface area contributed by atoms with Crippen LogP contribution in [0, 0.1) is 6.92 Å². The van der Waals surface area contributed by atoms with Crippen molar-refractivity contribution in [3.05, 3.63) is 29.6 Å². The van der Waals surface area contributed by atoms with Crippen LogP contribution in [0.3, 0.4) is 0 Å². The number of amides is 2. The summed E-state index contributed by atoms with van der Waals surface area (Å²) in [5.74, 6) is 0.219. The molecule has 1 aliphatic heterocycles. The number of fused-ring (bicyclic) bond motifs is 1. The number of hydrazine groups is 1. The van der Waals surface area contributed by atoms with Crippen LogP contribution in [0.2, 0.25) is 0 Å². The summed E-state index contributed by atoms with van der Waals surface area (Å²) in [6.45, 7) is 5.40. The van der Waals surface area contributed by atoms with Gasteiger partial charge in [0.15, 0.2) is 0 Å². The molecule has 7 heteroatoms. The molecule has 1 fully saturated rings. The van der Waals surface area contributed by atoms with Crippen molar-refractivity contribution in [3.63, 3.8) is 0 Å². The number of rotatable bonds is 3. The van der Waals surface area contributed by atoms with E-state index in [4.69, 9.17) is 4.74 Å². The number of nitrogens with zero attached hydrogens (tertiary/aromatic N) is 2. The zero-order valence-electron chi connectivity index (χ0n) is 13.3. The van der Waals surface area contributed by atoms with E-state index < -0.39 is 6.10 Å². The van der Waals surface area contributed by atoms with Gasteiger partial charge in [0.05, 0.1) is 11.0 Å². The highest BCUT2D eigenvalue weighted by Crippen LogP contribution is 2.17. The second-order valence-electron chi connectivity index (χ2n) is 5.55. The average molecular weight is 316 g/mol. The number of ether oxygens (including phenoxy) is 1. The molecule has 1 aromatic heterocycles. The van der Waals surface area contributed by atoms with Crippen LogP contribution < -0.4 is 10.9 Å². The summed E-state index contributed by atoms with van der Waals surface area (Å²) in [6, 6.07) is 5.32. The Kier molecular flexibility index (Phi) is 4.29. The summed E-state index contributed by atoms with van der Waals surface area (Å²) in [6.07, 6.45) is 1.07. The molecular weight excluding hydrogens is 296 g/mol. The van der Waals surface area contributed by atoms with Gasteiger partial charge < -0.3 is 9.30 Å². The van der Waals surface area contributed by atoms with Crippen LogP contribution >= 0.6 is 0 Å². The largest absolute Gasteiger partial charge is 0.368 e. The topological polar surface area (TPSA) is 85.3 Å². The van der Waals surface area contributed by atoms with Crippen molar-refractivity contribution in [2.75, 3.05) is 6.61 Å². The fourth-order valence-electron chi connectivity index (χ4n) is 2.85. The lowest BCUT2D eigenvalue weighted by molar-refractivity contribution is -0.130. The summed E-state index contributed by atoms with van der Waals surface area (Å²) in [5.41, 5.74) is 7.04. The quantitative estimate of drug-likeness (QED) is 0.836. The van der Waals surface area contributed by atoms with Gasteiger partial charge in [-0.15, -0.1) is 0 Å². The smallest absolute Gasteiger partial charge is 0.269 e. The molecule has 122 valence electrons. The zero-order valence-corrected chi connectivity index (χ0v) is 13.3. The second kappa shape index (κ2) is 6.37. The average Bonchev–Trinajstić information content (AvgIpc) is 3.18. The molecule has 3 rings (SSSR count). The maximum atomic E-state index is 12.2. The lowest BCUT2D eigenvalue weighted by Crippen LogP contribution is -2.46. The van der Waals surface area contributed by atoms with E-state index in [1.807, 2.05) is 13.0 Å². The first-order valence-corrected chi connectivity index (χ1v) is 7.79. The molecule has 1 aromatic carbocycles. The summed E-state index contributed by atoms with van der Waals surface area (Å²) < 4.78 is 7.34. The van der Waals surface area contributed by atoms with Crippen molar-refractivity contribution in [2.24, 2.45) is 0 Å². The Bertz CT molecular complexity index is 747. The summed E-state index contributed by atoms with van der Waals surface area (Å²) >= 11 is 0. The molecule has 0 saturated carbocycles. The first-order chi connectivity index (χ1) is 11.1. The molecule has 1 atom stereocenters. The Morgan fingerprint density at radius 1 is 1.39 bits per heavy atom. The third kappa shape index (κ3) is 3.05. The molecular formula is C16H20N4O3. The number of carbonyl (C=O) groups is 2. The number of hydrogen-bond acceptors (Lipinski definition) is 4. The van der Waals surface area contributed by atoms with Crippen LogP contribution in [0.1, 0.15) is 35.9 Å². The number of imidazole rings is 1.